The Hall–Kier alpha value is -1.27. The molecule has 1 saturated heterocycles. The van der Waals surface area contributed by atoms with Gasteiger partial charge >= 0.3 is 12.3 Å². The zero-order valence-corrected chi connectivity index (χ0v) is 8.21. The lowest BCUT2D eigenvalue weighted by molar-refractivity contribution is -0.722. The zero-order valence-electron chi connectivity index (χ0n) is 7.45. The molecular weight excluding hydrogens is 212 g/mol. The summed E-state index contributed by atoms with van der Waals surface area (Å²) >= 11 is 0. The van der Waals surface area contributed by atoms with Crippen molar-refractivity contribution in [2.45, 2.75) is 6.92 Å². The van der Waals surface area contributed by atoms with Crippen LogP contribution in [-0.2, 0) is 19.2 Å². The van der Waals surface area contributed by atoms with Crippen LogP contribution >= 0.6 is 0 Å². The summed E-state index contributed by atoms with van der Waals surface area (Å²) in [6, 6.07) is 0. The van der Waals surface area contributed by atoms with E-state index in [4.69, 9.17) is 0 Å². The summed E-state index contributed by atoms with van der Waals surface area (Å²) in [5, 5.41) is 0. The van der Waals surface area contributed by atoms with Crippen molar-refractivity contribution in [2.75, 3.05) is 13.1 Å². The van der Waals surface area contributed by atoms with Crippen molar-refractivity contribution in [1.82, 2.24) is 4.90 Å². The average molecular weight is 221 g/mol. The summed E-state index contributed by atoms with van der Waals surface area (Å²) < 4.78 is 0. The van der Waals surface area contributed by atoms with Gasteiger partial charge in [-0.3, -0.25) is 14.5 Å². The number of imide groups is 2. The number of halogens is 1. The fourth-order valence-corrected chi connectivity index (χ4v) is 1.08. The van der Waals surface area contributed by atoms with Crippen molar-refractivity contribution in [3.63, 3.8) is 0 Å². The molecule has 78 valence electrons. The van der Waals surface area contributed by atoms with Crippen LogP contribution in [0.15, 0.2) is 0 Å². The Balaban J connectivity index is 0.00000169. The van der Waals surface area contributed by atoms with Gasteiger partial charge in [-0.1, -0.05) is 0 Å². The van der Waals surface area contributed by atoms with Gasteiger partial charge in [0.05, 0.1) is 0 Å². The third-order valence-corrected chi connectivity index (χ3v) is 1.82. The molecular formula is C7H9ClN2O4. The second-order valence-electron chi connectivity index (χ2n) is 2.74. The first kappa shape index (κ1) is 12.7. The third-order valence-electron chi connectivity index (χ3n) is 1.82. The minimum Gasteiger partial charge on any atom is -1.00 e. The molecule has 0 saturated carbocycles. The predicted molar refractivity (Wildman–Crippen MR) is 39.3 cm³/mol. The maximum absolute atomic E-state index is 11.1. The number of piperazine rings is 1. The van der Waals surface area contributed by atoms with E-state index in [1.807, 2.05) is 0 Å². The smallest absolute Gasteiger partial charge is 0.339 e. The van der Waals surface area contributed by atoms with Crippen LogP contribution in [0.5, 0.6) is 0 Å². The van der Waals surface area contributed by atoms with Gasteiger partial charge in [-0.15, -0.1) is 0 Å². The van der Waals surface area contributed by atoms with Crippen LogP contribution in [0, 0.1) is 0 Å². The number of rotatable bonds is 1. The van der Waals surface area contributed by atoms with E-state index in [9.17, 15) is 19.2 Å². The van der Waals surface area contributed by atoms with E-state index in [0.29, 0.717) is 6.41 Å². The maximum atomic E-state index is 11.1. The number of quaternary nitrogens is 1. The summed E-state index contributed by atoms with van der Waals surface area (Å²) in [6.07, 6.45) is 0.373. The number of hydrogen-bond acceptors (Lipinski definition) is 4. The topological polar surface area (TPSA) is 76.0 Å². The molecule has 6 nitrogen and oxygen atoms in total. The Morgan fingerprint density at radius 3 is 2.50 bits per heavy atom. The number of hydrogen-bond donors (Lipinski definition) is 1. The molecule has 0 aromatic heterocycles. The molecule has 0 spiro atoms. The molecule has 0 aromatic rings. The number of nitrogens with one attached hydrogen (secondary N) is 1. The number of nitrogens with zero attached hydrogens (tertiary/aromatic N) is 1. The molecule has 1 atom stereocenters. The summed E-state index contributed by atoms with van der Waals surface area (Å²) in [6.45, 7) is 0.640. The Morgan fingerprint density at radius 2 is 2.07 bits per heavy atom. The molecule has 1 fully saturated rings. The lowest BCUT2D eigenvalue weighted by atomic mass is 10.3. The van der Waals surface area contributed by atoms with Crippen LogP contribution in [-0.4, -0.2) is 42.1 Å². The van der Waals surface area contributed by atoms with E-state index >= 15 is 0 Å². The Morgan fingerprint density at radius 1 is 1.50 bits per heavy atom. The molecule has 7 heteroatoms. The van der Waals surface area contributed by atoms with Crippen molar-refractivity contribution in [1.29, 1.82) is 0 Å². The first-order valence-electron chi connectivity index (χ1n) is 3.71. The highest BCUT2D eigenvalue weighted by molar-refractivity contribution is 6.00. The van der Waals surface area contributed by atoms with Gasteiger partial charge in [0.1, 0.15) is 6.54 Å². The fraction of sp³-hybridized carbons (Fsp3) is 0.429. The molecule has 4 amide bonds. The van der Waals surface area contributed by atoms with Gasteiger partial charge in [0.2, 0.25) is 5.91 Å². The highest BCUT2D eigenvalue weighted by Gasteiger charge is 2.36. The first-order chi connectivity index (χ1) is 6.06. The van der Waals surface area contributed by atoms with Gasteiger partial charge in [-0.05, 0) is 0 Å². The molecule has 1 N–H and O–H groups in total. The van der Waals surface area contributed by atoms with Crippen LogP contribution in [0.4, 0.5) is 0 Å². The minimum atomic E-state index is -0.491. The predicted octanol–water partition coefficient (Wildman–Crippen LogP) is -6.05. The van der Waals surface area contributed by atoms with Gasteiger partial charge in [-0.25, -0.2) is 14.5 Å². The first-order valence-corrected chi connectivity index (χ1v) is 3.71. The zero-order chi connectivity index (χ0) is 10.0. The highest BCUT2D eigenvalue weighted by atomic mass is 35.5. The molecule has 1 rings (SSSR count). The van der Waals surface area contributed by atoms with Gasteiger partial charge in [0, 0.05) is 6.92 Å². The fourth-order valence-electron chi connectivity index (χ4n) is 1.08. The van der Waals surface area contributed by atoms with Crippen molar-refractivity contribution >= 4 is 24.1 Å². The normalized spacial score (nSPS) is 21.5. The molecule has 1 aliphatic heterocycles. The molecule has 0 bridgehead atoms. The van der Waals surface area contributed by atoms with E-state index in [2.05, 4.69) is 0 Å². The number of carbonyl (C=O) groups excluding carboxylic acids is 4. The van der Waals surface area contributed by atoms with Crippen LogP contribution in [0.25, 0.3) is 0 Å². The second-order valence-corrected chi connectivity index (χ2v) is 2.74. The van der Waals surface area contributed by atoms with Crippen molar-refractivity contribution < 1.29 is 36.5 Å². The largest absolute Gasteiger partial charge is 1.00 e. The van der Waals surface area contributed by atoms with Crippen LogP contribution in [0.2, 0.25) is 0 Å². The maximum Gasteiger partial charge on any atom is 0.339 e. The summed E-state index contributed by atoms with van der Waals surface area (Å²) in [7, 11) is 0. The van der Waals surface area contributed by atoms with Crippen LogP contribution < -0.4 is 17.3 Å². The molecule has 1 unspecified atom stereocenters. The summed E-state index contributed by atoms with van der Waals surface area (Å²) in [4.78, 5) is 44.1. The number of carbonyl (C=O) groups is 4. The van der Waals surface area contributed by atoms with E-state index in [1.54, 1.807) is 0 Å². The van der Waals surface area contributed by atoms with Crippen molar-refractivity contribution in [3.8, 4) is 0 Å². The molecule has 14 heavy (non-hydrogen) atoms. The second kappa shape index (κ2) is 4.83. The molecule has 1 aliphatic rings. The highest BCUT2D eigenvalue weighted by Crippen LogP contribution is 1.92. The van der Waals surface area contributed by atoms with Crippen LogP contribution in [0.1, 0.15) is 6.92 Å². The standard InChI is InChI=1S/C7H8N2O4.ClH/c1-5(11)9-3-6(12)8(4-10)2-7(9)13;/h4H,2-3H2,1H3;1H. The SMILES string of the molecule is CC(=O)N1CC(=O)[NH+](C=O)CC1=O.[Cl-]. The Bertz CT molecular complexity index is 291. The monoisotopic (exact) mass is 220 g/mol. The van der Waals surface area contributed by atoms with Crippen molar-refractivity contribution in [2.24, 2.45) is 0 Å². The minimum absolute atomic E-state index is 0. The molecule has 0 aromatic carbocycles. The van der Waals surface area contributed by atoms with Gasteiger partial charge < -0.3 is 12.4 Å². The molecule has 0 aliphatic carbocycles. The Labute approximate surface area is 86.2 Å². The van der Waals surface area contributed by atoms with Gasteiger partial charge in [-0.2, -0.15) is 0 Å². The van der Waals surface area contributed by atoms with Gasteiger partial charge in [0.25, 0.3) is 5.91 Å². The summed E-state index contributed by atoms with van der Waals surface area (Å²) in [5.41, 5.74) is 0. The lowest BCUT2D eigenvalue weighted by Gasteiger charge is -2.23. The summed E-state index contributed by atoms with van der Waals surface area (Å²) in [5.74, 6) is -1.41. The lowest BCUT2D eigenvalue weighted by Crippen LogP contribution is -3.17. The third kappa shape index (κ3) is 2.36. The van der Waals surface area contributed by atoms with Crippen LogP contribution in [0.3, 0.4) is 0 Å². The number of amides is 4. The molecule has 0 radical (unpaired) electrons. The average Bonchev–Trinajstić information content (AvgIpc) is 2.07. The van der Waals surface area contributed by atoms with E-state index in [1.165, 1.54) is 6.92 Å². The van der Waals surface area contributed by atoms with E-state index in [-0.39, 0.29) is 30.4 Å². The van der Waals surface area contributed by atoms with Gasteiger partial charge in [0.15, 0.2) is 6.54 Å². The molecule has 1 heterocycles. The Kier molecular flexibility index (Phi) is 4.39. The van der Waals surface area contributed by atoms with E-state index in [0.717, 1.165) is 4.90 Å². The van der Waals surface area contributed by atoms with Crippen molar-refractivity contribution in [3.05, 3.63) is 0 Å². The van der Waals surface area contributed by atoms with E-state index < -0.39 is 17.7 Å². The quantitative estimate of drug-likeness (QED) is 0.447.